The Morgan fingerprint density at radius 1 is 1.50 bits per heavy atom. The minimum atomic E-state index is -0.460. The lowest BCUT2D eigenvalue weighted by atomic mass is 10.1. The van der Waals surface area contributed by atoms with Crippen molar-refractivity contribution in [2.45, 2.75) is 25.5 Å². The Morgan fingerprint density at radius 3 is 2.89 bits per heavy atom. The number of benzene rings is 1. The molecule has 2 atom stereocenters. The average molecular weight is 248 g/mol. The SMILES string of the molecule is CC1CN(C(=O)[C@@H](N)Cc2ccccc2)CCO1. The van der Waals surface area contributed by atoms with Gasteiger partial charge in [0, 0.05) is 13.1 Å². The first-order valence-electron chi connectivity index (χ1n) is 6.36. The van der Waals surface area contributed by atoms with E-state index in [-0.39, 0.29) is 12.0 Å². The molecular formula is C14H20N2O2. The van der Waals surface area contributed by atoms with Gasteiger partial charge >= 0.3 is 0 Å². The number of nitrogens with two attached hydrogens (primary N) is 1. The molecule has 1 aromatic rings. The fourth-order valence-corrected chi connectivity index (χ4v) is 2.21. The molecule has 0 bridgehead atoms. The van der Waals surface area contributed by atoms with Crippen molar-refractivity contribution < 1.29 is 9.53 Å². The normalized spacial score (nSPS) is 21.7. The van der Waals surface area contributed by atoms with Gasteiger partial charge in [-0.2, -0.15) is 0 Å². The van der Waals surface area contributed by atoms with Crippen molar-refractivity contribution in [2.75, 3.05) is 19.7 Å². The summed E-state index contributed by atoms with van der Waals surface area (Å²) in [5.41, 5.74) is 7.09. The highest BCUT2D eigenvalue weighted by Gasteiger charge is 2.25. The van der Waals surface area contributed by atoms with E-state index in [2.05, 4.69) is 0 Å². The van der Waals surface area contributed by atoms with E-state index in [4.69, 9.17) is 10.5 Å². The van der Waals surface area contributed by atoms with Crippen molar-refractivity contribution in [3.05, 3.63) is 35.9 Å². The fraction of sp³-hybridized carbons (Fsp3) is 0.500. The largest absolute Gasteiger partial charge is 0.375 e. The average Bonchev–Trinajstić information content (AvgIpc) is 2.39. The quantitative estimate of drug-likeness (QED) is 0.861. The van der Waals surface area contributed by atoms with E-state index >= 15 is 0 Å². The van der Waals surface area contributed by atoms with Gasteiger partial charge in [-0.15, -0.1) is 0 Å². The highest BCUT2D eigenvalue weighted by atomic mass is 16.5. The number of nitrogens with zero attached hydrogens (tertiary/aromatic N) is 1. The summed E-state index contributed by atoms with van der Waals surface area (Å²) in [5, 5.41) is 0. The van der Waals surface area contributed by atoms with E-state index in [1.54, 1.807) is 0 Å². The summed E-state index contributed by atoms with van der Waals surface area (Å²) in [4.78, 5) is 14.0. The van der Waals surface area contributed by atoms with Crippen LogP contribution in [-0.4, -0.2) is 42.6 Å². The maximum atomic E-state index is 12.2. The van der Waals surface area contributed by atoms with E-state index in [0.717, 1.165) is 5.56 Å². The summed E-state index contributed by atoms with van der Waals surface area (Å²) >= 11 is 0. The van der Waals surface area contributed by atoms with E-state index < -0.39 is 6.04 Å². The molecule has 0 aliphatic carbocycles. The van der Waals surface area contributed by atoms with Crippen molar-refractivity contribution in [3.8, 4) is 0 Å². The zero-order valence-electron chi connectivity index (χ0n) is 10.7. The van der Waals surface area contributed by atoms with E-state index in [1.165, 1.54) is 0 Å². The summed E-state index contributed by atoms with van der Waals surface area (Å²) in [5.74, 6) is 0.0222. The smallest absolute Gasteiger partial charge is 0.239 e. The topological polar surface area (TPSA) is 55.6 Å². The molecule has 98 valence electrons. The summed E-state index contributed by atoms with van der Waals surface area (Å²) in [6, 6.07) is 9.41. The third kappa shape index (κ3) is 3.31. The molecule has 4 nitrogen and oxygen atoms in total. The van der Waals surface area contributed by atoms with Gasteiger partial charge in [0.1, 0.15) is 0 Å². The molecule has 1 aromatic carbocycles. The van der Waals surface area contributed by atoms with Crippen LogP contribution in [0.5, 0.6) is 0 Å². The predicted octanol–water partition coefficient (Wildman–Crippen LogP) is 0.804. The molecule has 2 N–H and O–H groups in total. The Bertz CT molecular complexity index is 394. The minimum absolute atomic E-state index is 0.0222. The highest BCUT2D eigenvalue weighted by molar-refractivity contribution is 5.82. The molecule has 1 aliphatic heterocycles. The molecule has 0 aromatic heterocycles. The van der Waals surface area contributed by atoms with Gasteiger partial charge < -0.3 is 15.4 Å². The third-order valence-corrected chi connectivity index (χ3v) is 3.17. The second-order valence-electron chi connectivity index (χ2n) is 4.76. The Hall–Kier alpha value is -1.39. The summed E-state index contributed by atoms with van der Waals surface area (Å²) in [6.45, 7) is 3.86. The fourth-order valence-electron chi connectivity index (χ4n) is 2.21. The Balaban J connectivity index is 1.92. The minimum Gasteiger partial charge on any atom is -0.375 e. The standard InChI is InChI=1S/C14H20N2O2/c1-11-10-16(7-8-18-11)14(17)13(15)9-12-5-3-2-4-6-12/h2-6,11,13H,7-10,15H2,1H3/t11?,13-/m0/s1. The lowest BCUT2D eigenvalue weighted by molar-refractivity contribution is -0.139. The Labute approximate surface area is 108 Å². The van der Waals surface area contributed by atoms with Gasteiger partial charge in [-0.3, -0.25) is 4.79 Å². The molecule has 2 rings (SSSR count). The molecule has 4 heteroatoms. The van der Waals surface area contributed by atoms with Gasteiger partial charge in [-0.05, 0) is 18.9 Å². The van der Waals surface area contributed by atoms with Gasteiger partial charge in [0.15, 0.2) is 0 Å². The molecule has 1 saturated heterocycles. The van der Waals surface area contributed by atoms with Crippen LogP contribution < -0.4 is 5.73 Å². The van der Waals surface area contributed by atoms with Gasteiger partial charge in [0.25, 0.3) is 0 Å². The molecule has 18 heavy (non-hydrogen) atoms. The molecular weight excluding hydrogens is 228 g/mol. The summed E-state index contributed by atoms with van der Waals surface area (Å²) in [6.07, 6.45) is 0.692. The first-order chi connectivity index (χ1) is 8.66. The number of carbonyl (C=O) groups is 1. The van der Waals surface area contributed by atoms with Gasteiger partial charge in [-0.25, -0.2) is 0 Å². The first-order valence-corrected chi connectivity index (χ1v) is 6.36. The van der Waals surface area contributed by atoms with Crippen LogP contribution in [0.2, 0.25) is 0 Å². The van der Waals surface area contributed by atoms with Gasteiger partial charge in [0.2, 0.25) is 5.91 Å². The van der Waals surface area contributed by atoms with Crippen LogP contribution in [0.25, 0.3) is 0 Å². The van der Waals surface area contributed by atoms with Crippen molar-refractivity contribution in [2.24, 2.45) is 5.73 Å². The summed E-state index contributed by atoms with van der Waals surface area (Å²) in [7, 11) is 0. The molecule has 1 amide bonds. The maximum absolute atomic E-state index is 12.2. The molecule has 1 unspecified atom stereocenters. The molecule has 1 aliphatic rings. The van der Waals surface area contributed by atoms with Crippen molar-refractivity contribution in [3.63, 3.8) is 0 Å². The zero-order chi connectivity index (χ0) is 13.0. The van der Waals surface area contributed by atoms with Crippen molar-refractivity contribution >= 4 is 5.91 Å². The maximum Gasteiger partial charge on any atom is 0.239 e. The van der Waals surface area contributed by atoms with Crippen LogP contribution in [0, 0.1) is 0 Å². The van der Waals surface area contributed by atoms with Crippen LogP contribution >= 0.6 is 0 Å². The van der Waals surface area contributed by atoms with Crippen LogP contribution in [0.1, 0.15) is 12.5 Å². The number of morpholine rings is 1. The Morgan fingerprint density at radius 2 is 2.22 bits per heavy atom. The Kier molecular flexibility index (Phi) is 4.33. The van der Waals surface area contributed by atoms with Crippen molar-refractivity contribution in [1.29, 1.82) is 0 Å². The lowest BCUT2D eigenvalue weighted by Crippen LogP contribution is -2.51. The predicted molar refractivity (Wildman–Crippen MR) is 70.1 cm³/mol. The second kappa shape index (κ2) is 5.98. The molecule has 0 radical (unpaired) electrons. The number of amides is 1. The van der Waals surface area contributed by atoms with Crippen LogP contribution in [0.15, 0.2) is 30.3 Å². The molecule has 1 heterocycles. The second-order valence-corrected chi connectivity index (χ2v) is 4.76. The highest BCUT2D eigenvalue weighted by Crippen LogP contribution is 2.08. The van der Waals surface area contributed by atoms with Gasteiger partial charge in [0.05, 0.1) is 18.8 Å². The third-order valence-electron chi connectivity index (χ3n) is 3.17. The van der Waals surface area contributed by atoms with Gasteiger partial charge in [-0.1, -0.05) is 30.3 Å². The summed E-state index contributed by atoms with van der Waals surface area (Å²) < 4.78 is 5.42. The van der Waals surface area contributed by atoms with Crippen molar-refractivity contribution in [1.82, 2.24) is 4.90 Å². The van der Waals surface area contributed by atoms with Crippen LogP contribution in [0.3, 0.4) is 0 Å². The zero-order valence-corrected chi connectivity index (χ0v) is 10.7. The molecule has 0 saturated carbocycles. The van der Waals surface area contributed by atoms with E-state index in [1.807, 2.05) is 42.2 Å². The monoisotopic (exact) mass is 248 g/mol. The first kappa shape index (κ1) is 13.1. The number of carbonyl (C=O) groups excluding carboxylic acids is 1. The van der Waals surface area contributed by atoms with E-state index in [0.29, 0.717) is 26.1 Å². The lowest BCUT2D eigenvalue weighted by Gasteiger charge is -2.32. The number of hydrogen-bond donors (Lipinski definition) is 1. The molecule has 0 spiro atoms. The number of ether oxygens (including phenoxy) is 1. The number of rotatable bonds is 3. The van der Waals surface area contributed by atoms with E-state index in [9.17, 15) is 4.79 Å². The number of hydrogen-bond acceptors (Lipinski definition) is 3. The molecule has 1 fully saturated rings. The van der Waals surface area contributed by atoms with Crippen LogP contribution in [0.4, 0.5) is 0 Å². The van der Waals surface area contributed by atoms with Crippen LogP contribution in [-0.2, 0) is 16.0 Å².